The summed E-state index contributed by atoms with van der Waals surface area (Å²) in [6.45, 7) is 0. The first-order valence-electron chi connectivity index (χ1n) is 16.4. The van der Waals surface area contributed by atoms with E-state index in [-0.39, 0.29) is 11.8 Å². The number of amides is 2. The van der Waals surface area contributed by atoms with Crippen LogP contribution < -0.4 is 29.8 Å². The number of nitrogens with one attached hydrogen (secondary N) is 2. The fourth-order valence-electron chi connectivity index (χ4n) is 4.69. The molecule has 0 heterocycles. The van der Waals surface area contributed by atoms with Gasteiger partial charge in [0.15, 0.2) is 0 Å². The van der Waals surface area contributed by atoms with E-state index in [1.807, 2.05) is 0 Å². The predicted molar refractivity (Wildman–Crippen MR) is 193 cm³/mol. The molecule has 0 unspecified atom stereocenters. The predicted octanol–water partition coefficient (Wildman–Crippen LogP) is 6.47. The first kappa shape index (κ1) is 37.5. The third-order valence-corrected chi connectivity index (χ3v) is 7.49. The molecule has 51 heavy (non-hydrogen) atoms. The number of esters is 2. The third kappa shape index (κ3) is 12.6. The van der Waals surface area contributed by atoms with E-state index in [0.717, 1.165) is 19.3 Å². The van der Waals surface area contributed by atoms with Crippen LogP contribution in [-0.4, -0.2) is 50.4 Å². The maximum atomic E-state index is 12.6. The maximum Gasteiger partial charge on any atom is 0.343 e. The van der Waals surface area contributed by atoms with Crippen LogP contribution in [0.3, 0.4) is 0 Å². The van der Waals surface area contributed by atoms with Gasteiger partial charge in [-0.3, -0.25) is 9.59 Å². The molecular weight excluding hydrogens is 652 g/mol. The Morgan fingerprint density at radius 1 is 0.529 bits per heavy atom. The van der Waals surface area contributed by atoms with Crippen LogP contribution in [-0.2, 0) is 9.59 Å². The molecule has 0 spiro atoms. The van der Waals surface area contributed by atoms with E-state index < -0.39 is 11.9 Å². The largest absolute Gasteiger partial charge is 0.497 e. The Kier molecular flexibility index (Phi) is 14.9. The number of carbonyl (C=O) groups excluding carboxylic acids is 4. The number of hydrogen-bond donors (Lipinski definition) is 2. The van der Waals surface area contributed by atoms with Gasteiger partial charge in [-0.25, -0.2) is 20.4 Å². The van der Waals surface area contributed by atoms with Crippen LogP contribution in [0.15, 0.2) is 107 Å². The molecule has 0 aromatic heterocycles. The molecule has 0 aliphatic carbocycles. The third-order valence-electron chi connectivity index (χ3n) is 7.49. The number of unbranched alkanes of at least 4 members (excludes halogenated alkanes) is 4. The lowest BCUT2D eigenvalue weighted by Crippen LogP contribution is -2.17. The summed E-state index contributed by atoms with van der Waals surface area (Å²) in [7, 11) is 3.09. The minimum Gasteiger partial charge on any atom is -0.497 e. The fourth-order valence-corrected chi connectivity index (χ4v) is 4.69. The topological polar surface area (TPSA) is 154 Å². The van der Waals surface area contributed by atoms with E-state index in [0.29, 0.717) is 70.9 Å². The number of methoxy groups -OCH3 is 2. The van der Waals surface area contributed by atoms with E-state index in [1.54, 1.807) is 111 Å². The number of hydrazone groups is 2. The Morgan fingerprint density at radius 3 is 1.29 bits per heavy atom. The second-order valence-corrected chi connectivity index (χ2v) is 11.2. The molecule has 264 valence electrons. The van der Waals surface area contributed by atoms with Crippen LogP contribution in [0, 0.1) is 0 Å². The molecule has 0 radical (unpaired) electrons. The van der Waals surface area contributed by atoms with Crippen molar-refractivity contribution in [3.63, 3.8) is 0 Å². The smallest absolute Gasteiger partial charge is 0.343 e. The van der Waals surface area contributed by atoms with Gasteiger partial charge in [-0.1, -0.05) is 43.5 Å². The van der Waals surface area contributed by atoms with Crippen LogP contribution in [0.2, 0.25) is 0 Å². The van der Waals surface area contributed by atoms with Crippen molar-refractivity contribution in [3.05, 3.63) is 119 Å². The van der Waals surface area contributed by atoms with Gasteiger partial charge in [0, 0.05) is 24.0 Å². The maximum absolute atomic E-state index is 12.6. The highest BCUT2D eigenvalue weighted by Gasteiger charge is 2.13. The monoisotopic (exact) mass is 692 g/mol. The summed E-state index contributed by atoms with van der Waals surface area (Å²) in [5, 5.41) is 8.04. The summed E-state index contributed by atoms with van der Waals surface area (Å²) in [5.41, 5.74) is 6.83. The van der Waals surface area contributed by atoms with Gasteiger partial charge in [0.05, 0.1) is 37.8 Å². The van der Waals surface area contributed by atoms with Crippen molar-refractivity contribution < 1.29 is 38.1 Å². The van der Waals surface area contributed by atoms with E-state index in [9.17, 15) is 19.2 Å². The molecule has 12 heteroatoms. The summed E-state index contributed by atoms with van der Waals surface area (Å²) in [5.74, 6) is 0.375. The second kappa shape index (κ2) is 20.3. The zero-order chi connectivity index (χ0) is 36.3. The molecule has 0 saturated carbocycles. The van der Waals surface area contributed by atoms with Gasteiger partial charge in [0.1, 0.15) is 23.0 Å². The first-order chi connectivity index (χ1) is 24.9. The molecule has 4 rings (SSSR count). The summed E-state index contributed by atoms with van der Waals surface area (Å²) in [4.78, 5) is 49.6. The van der Waals surface area contributed by atoms with Crippen LogP contribution in [0.4, 0.5) is 0 Å². The lowest BCUT2D eigenvalue weighted by atomic mass is 10.1. The molecule has 0 bridgehead atoms. The first-order valence-corrected chi connectivity index (χ1v) is 16.4. The van der Waals surface area contributed by atoms with E-state index in [1.165, 1.54) is 12.4 Å². The van der Waals surface area contributed by atoms with Gasteiger partial charge < -0.3 is 18.9 Å². The molecule has 4 aromatic carbocycles. The minimum absolute atomic E-state index is 0.228. The van der Waals surface area contributed by atoms with Crippen molar-refractivity contribution in [3.8, 4) is 23.0 Å². The van der Waals surface area contributed by atoms with E-state index in [4.69, 9.17) is 18.9 Å². The van der Waals surface area contributed by atoms with Crippen LogP contribution in [0.5, 0.6) is 23.0 Å². The molecule has 0 saturated heterocycles. The van der Waals surface area contributed by atoms with Crippen molar-refractivity contribution in [2.75, 3.05) is 14.2 Å². The van der Waals surface area contributed by atoms with E-state index in [2.05, 4.69) is 21.1 Å². The van der Waals surface area contributed by atoms with Gasteiger partial charge in [-0.15, -0.1) is 0 Å². The Labute approximate surface area is 296 Å². The number of para-hydroxylation sites is 2. The molecule has 0 fully saturated rings. The van der Waals surface area contributed by atoms with Crippen molar-refractivity contribution in [1.82, 2.24) is 10.9 Å². The molecule has 2 amide bonds. The van der Waals surface area contributed by atoms with Crippen molar-refractivity contribution in [2.45, 2.75) is 44.9 Å². The summed E-state index contributed by atoms with van der Waals surface area (Å²) in [6.07, 6.45) is 7.34. The molecule has 0 aliphatic heterocycles. The average Bonchev–Trinajstić information content (AvgIpc) is 3.15. The molecular formula is C39H40N4O8. The number of rotatable bonds is 18. The van der Waals surface area contributed by atoms with Gasteiger partial charge in [0.2, 0.25) is 11.8 Å². The van der Waals surface area contributed by atoms with Crippen molar-refractivity contribution in [1.29, 1.82) is 0 Å². The Bertz CT molecular complexity index is 1690. The number of ether oxygens (including phenoxy) is 4. The van der Waals surface area contributed by atoms with Crippen LogP contribution >= 0.6 is 0 Å². The minimum atomic E-state index is -0.527. The molecule has 0 aliphatic rings. The van der Waals surface area contributed by atoms with Crippen LogP contribution in [0.25, 0.3) is 0 Å². The van der Waals surface area contributed by atoms with Crippen LogP contribution in [0.1, 0.15) is 76.8 Å². The number of hydrogen-bond acceptors (Lipinski definition) is 10. The highest BCUT2D eigenvalue weighted by Crippen LogP contribution is 2.20. The SMILES string of the molecule is COc1ccc(C(=O)Oc2ccccc2/C=N\NC(=O)CCCCCCCC(=O)N/N=C\c2ccccc2OC(=O)c2ccc(OC)cc2)cc1. The highest BCUT2D eigenvalue weighted by molar-refractivity contribution is 5.94. The number of nitrogens with zero attached hydrogens (tertiary/aromatic N) is 2. The zero-order valence-electron chi connectivity index (χ0n) is 28.5. The van der Waals surface area contributed by atoms with E-state index >= 15 is 0 Å². The van der Waals surface area contributed by atoms with Gasteiger partial charge in [-0.05, 0) is 85.6 Å². The standard InChI is InChI=1S/C39H40N4O8/c1-48-32-22-18-28(19-23-32)38(46)50-34-14-10-8-12-30(34)26-40-42-36(44)16-6-4-3-5-7-17-37(45)43-41-27-31-13-9-11-15-35(31)51-39(47)29-20-24-33(49-2)25-21-29/h8-15,18-27H,3-7,16-17H2,1-2H3,(H,42,44)(H,43,45)/b40-26-,41-27-. The fraction of sp³-hybridized carbons (Fsp3) is 0.231. The average molecular weight is 693 g/mol. The second-order valence-electron chi connectivity index (χ2n) is 11.2. The summed E-state index contributed by atoms with van der Waals surface area (Å²) < 4.78 is 21.3. The normalized spacial score (nSPS) is 10.9. The lowest BCUT2D eigenvalue weighted by molar-refractivity contribution is -0.121. The Hall–Kier alpha value is -6.30. The Morgan fingerprint density at radius 2 is 0.902 bits per heavy atom. The quantitative estimate of drug-likeness (QED) is 0.0395. The zero-order valence-corrected chi connectivity index (χ0v) is 28.5. The molecule has 2 N–H and O–H groups in total. The molecule has 4 aromatic rings. The van der Waals surface area contributed by atoms with Crippen molar-refractivity contribution in [2.24, 2.45) is 10.2 Å². The molecule has 12 nitrogen and oxygen atoms in total. The summed E-state index contributed by atoms with van der Waals surface area (Å²) >= 11 is 0. The lowest BCUT2D eigenvalue weighted by Gasteiger charge is -2.08. The van der Waals surface area contributed by atoms with Crippen molar-refractivity contribution >= 4 is 36.2 Å². The number of benzene rings is 4. The van der Waals surface area contributed by atoms with Gasteiger partial charge in [-0.2, -0.15) is 10.2 Å². The highest BCUT2D eigenvalue weighted by atomic mass is 16.5. The number of carbonyl (C=O) groups is 4. The Balaban J connectivity index is 1.09. The molecule has 0 atom stereocenters. The summed E-state index contributed by atoms with van der Waals surface area (Å²) in [6, 6.07) is 26.9. The van der Waals surface area contributed by atoms with Gasteiger partial charge in [0.25, 0.3) is 0 Å². The van der Waals surface area contributed by atoms with Gasteiger partial charge >= 0.3 is 11.9 Å².